The van der Waals surface area contributed by atoms with Crippen LogP contribution in [0.3, 0.4) is 0 Å². The van der Waals surface area contributed by atoms with Crippen molar-refractivity contribution in [2.24, 2.45) is 0 Å². The van der Waals surface area contributed by atoms with E-state index in [0.29, 0.717) is 12.4 Å². The first-order valence-electron chi connectivity index (χ1n) is 5.90. The summed E-state index contributed by atoms with van der Waals surface area (Å²) in [7, 11) is -3.85. The second kappa shape index (κ2) is 4.53. The molecule has 0 fully saturated rings. The van der Waals surface area contributed by atoms with Crippen molar-refractivity contribution < 1.29 is 12.8 Å². The smallest absolute Gasteiger partial charge is 0.245 e. The van der Waals surface area contributed by atoms with Crippen LogP contribution in [0.5, 0.6) is 0 Å². The number of hydrogen-bond donors (Lipinski definition) is 1. The number of rotatable bonds is 2. The van der Waals surface area contributed by atoms with Gasteiger partial charge in [0, 0.05) is 13.1 Å². The average molecular weight is 297 g/mol. The van der Waals surface area contributed by atoms with Crippen LogP contribution in [0.15, 0.2) is 29.4 Å². The normalized spacial score (nSPS) is 16.1. The molecule has 0 amide bonds. The molecule has 9 heteroatoms. The van der Waals surface area contributed by atoms with E-state index in [-0.39, 0.29) is 23.7 Å². The summed E-state index contributed by atoms with van der Waals surface area (Å²) in [6.45, 7) is 0.818. The van der Waals surface area contributed by atoms with Crippen molar-refractivity contribution in [1.29, 1.82) is 0 Å². The van der Waals surface area contributed by atoms with E-state index in [1.807, 2.05) is 0 Å². The molecule has 2 heterocycles. The zero-order chi connectivity index (χ0) is 14.3. The lowest BCUT2D eigenvalue weighted by Gasteiger charge is -2.26. The third kappa shape index (κ3) is 2.04. The second-order valence-corrected chi connectivity index (χ2v) is 6.37. The number of aromatic nitrogens is 3. The highest BCUT2D eigenvalue weighted by Crippen LogP contribution is 2.25. The van der Waals surface area contributed by atoms with Gasteiger partial charge in [-0.25, -0.2) is 12.8 Å². The Morgan fingerprint density at radius 2 is 2.10 bits per heavy atom. The van der Waals surface area contributed by atoms with Gasteiger partial charge in [0.1, 0.15) is 22.9 Å². The quantitative estimate of drug-likeness (QED) is 0.799. The Kier molecular flexibility index (Phi) is 2.94. The third-order valence-electron chi connectivity index (χ3n) is 3.20. The molecular formula is C11H12FN5O2S. The zero-order valence-electron chi connectivity index (χ0n) is 10.4. The van der Waals surface area contributed by atoms with Gasteiger partial charge >= 0.3 is 0 Å². The molecule has 1 aromatic heterocycles. The van der Waals surface area contributed by atoms with Crippen molar-refractivity contribution in [3.8, 4) is 0 Å². The lowest BCUT2D eigenvalue weighted by molar-refractivity contribution is 0.335. The number of hydrogen-bond acceptors (Lipinski definition) is 5. The summed E-state index contributed by atoms with van der Waals surface area (Å²) in [6.07, 6.45) is 1.55. The van der Waals surface area contributed by atoms with Crippen molar-refractivity contribution >= 4 is 15.7 Å². The minimum atomic E-state index is -3.85. The standard InChI is InChI=1S/C11H12FN5O2S/c12-8-1-2-9(13)10(5-8)20(18,19)17-4-3-16-7-14-15-11(16)6-17/h1-2,5,7H,3-4,6,13H2. The van der Waals surface area contributed by atoms with Crippen molar-refractivity contribution in [2.75, 3.05) is 12.3 Å². The van der Waals surface area contributed by atoms with E-state index >= 15 is 0 Å². The molecule has 7 nitrogen and oxygen atoms in total. The molecule has 1 aliphatic rings. The van der Waals surface area contributed by atoms with Crippen LogP contribution < -0.4 is 5.73 Å². The summed E-state index contributed by atoms with van der Waals surface area (Å²) in [5.74, 6) is -0.0900. The van der Waals surface area contributed by atoms with Crippen LogP contribution in [-0.4, -0.2) is 34.0 Å². The molecular weight excluding hydrogens is 285 g/mol. The molecule has 1 aliphatic heterocycles. The number of nitrogen functional groups attached to an aromatic ring is 1. The highest BCUT2D eigenvalue weighted by atomic mass is 32.2. The highest BCUT2D eigenvalue weighted by Gasteiger charge is 2.30. The molecule has 0 saturated carbocycles. The van der Waals surface area contributed by atoms with Gasteiger partial charge in [0.25, 0.3) is 0 Å². The summed E-state index contributed by atoms with van der Waals surface area (Å²) < 4.78 is 41.3. The maximum Gasteiger partial charge on any atom is 0.245 e. The Labute approximate surface area is 114 Å². The van der Waals surface area contributed by atoms with E-state index < -0.39 is 15.8 Å². The summed E-state index contributed by atoms with van der Waals surface area (Å²) in [6, 6.07) is 3.31. The monoisotopic (exact) mass is 297 g/mol. The van der Waals surface area contributed by atoms with E-state index in [1.165, 1.54) is 10.4 Å². The fourth-order valence-corrected chi connectivity index (χ4v) is 3.63. The molecule has 0 atom stereocenters. The molecule has 2 aromatic rings. The molecule has 1 aromatic carbocycles. The highest BCUT2D eigenvalue weighted by molar-refractivity contribution is 7.89. The van der Waals surface area contributed by atoms with E-state index in [0.717, 1.165) is 12.1 Å². The average Bonchev–Trinajstić information content (AvgIpc) is 2.88. The van der Waals surface area contributed by atoms with E-state index in [1.54, 1.807) is 10.9 Å². The topological polar surface area (TPSA) is 94.1 Å². The van der Waals surface area contributed by atoms with Gasteiger partial charge in [0.2, 0.25) is 10.0 Å². The first-order chi connectivity index (χ1) is 9.48. The molecule has 20 heavy (non-hydrogen) atoms. The number of benzene rings is 1. The van der Waals surface area contributed by atoms with Crippen LogP contribution >= 0.6 is 0 Å². The number of anilines is 1. The van der Waals surface area contributed by atoms with Gasteiger partial charge in [0.15, 0.2) is 0 Å². The van der Waals surface area contributed by atoms with Crippen LogP contribution in [0, 0.1) is 5.82 Å². The Balaban J connectivity index is 1.99. The molecule has 2 N–H and O–H groups in total. The van der Waals surface area contributed by atoms with Crippen molar-refractivity contribution in [1.82, 2.24) is 19.1 Å². The van der Waals surface area contributed by atoms with Crippen LogP contribution in [-0.2, 0) is 23.1 Å². The predicted molar refractivity (Wildman–Crippen MR) is 68.4 cm³/mol. The number of nitrogens with zero attached hydrogens (tertiary/aromatic N) is 4. The van der Waals surface area contributed by atoms with Crippen LogP contribution in [0.1, 0.15) is 5.82 Å². The molecule has 0 bridgehead atoms. The lowest BCUT2D eigenvalue weighted by atomic mass is 10.3. The molecule has 0 aliphatic carbocycles. The van der Waals surface area contributed by atoms with Gasteiger partial charge in [-0.2, -0.15) is 4.31 Å². The second-order valence-electron chi connectivity index (χ2n) is 4.46. The Hall–Kier alpha value is -2.00. The van der Waals surface area contributed by atoms with Gasteiger partial charge in [-0.1, -0.05) is 0 Å². The predicted octanol–water partition coefficient (Wildman–Crippen LogP) is 0.204. The van der Waals surface area contributed by atoms with Gasteiger partial charge in [-0.05, 0) is 18.2 Å². The van der Waals surface area contributed by atoms with Crippen molar-refractivity contribution in [3.05, 3.63) is 36.2 Å². The third-order valence-corrected chi connectivity index (χ3v) is 5.10. The van der Waals surface area contributed by atoms with Gasteiger partial charge in [0.05, 0.1) is 12.2 Å². The van der Waals surface area contributed by atoms with Crippen LogP contribution in [0.2, 0.25) is 0 Å². The Bertz CT molecular complexity index is 758. The molecule has 3 rings (SSSR count). The number of nitrogens with two attached hydrogens (primary N) is 1. The van der Waals surface area contributed by atoms with Gasteiger partial charge in [-0.3, -0.25) is 0 Å². The number of halogens is 1. The largest absolute Gasteiger partial charge is 0.398 e. The molecule has 0 saturated heterocycles. The first-order valence-corrected chi connectivity index (χ1v) is 7.34. The van der Waals surface area contributed by atoms with Crippen LogP contribution in [0.4, 0.5) is 10.1 Å². The van der Waals surface area contributed by atoms with E-state index in [4.69, 9.17) is 5.73 Å². The van der Waals surface area contributed by atoms with Gasteiger partial charge in [-0.15, -0.1) is 10.2 Å². The fourth-order valence-electron chi connectivity index (χ4n) is 2.12. The molecule has 0 radical (unpaired) electrons. The summed E-state index contributed by atoms with van der Waals surface area (Å²) in [4.78, 5) is -0.217. The number of sulfonamides is 1. The summed E-state index contributed by atoms with van der Waals surface area (Å²) in [5, 5.41) is 7.59. The fraction of sp³-hybridized carbons (Fsp3) is 0.273. The van der Waals surface area contributed by atoms with Crippen molar-refractivity contribution in [3.63, 3.8) is 0 Å². The zero-order valence-corrected chi connectivity index (χ0v) is 11.2. The first kappa shape index (κ1) is 13.0. The van der Waals surface area contributed by atoms with Gasteiger partial charge < -0.3 is 10.3 Å². The van der Waals surface area contributed by atoms with Crippen molar-refractivity contribution in [2.45, 2.75) is 18.0 Å². The van der Waals surface area contributed by atoms with Crippen LogP contribution in [0.25, 0.3) is 0 Å². The number of fused-ring (bicyclic) bond motifs is 1. The summed E-state index contributed by atoms with van der Waals surface area (Å²) in [5.41, 5.74) is 5.68. The molecule has 106 valence electrons. The van der Waals surface area contributed by atoms with E-state index in [9.17, 15) is 12.8 Å². The minimum absolute atomic E-state index is 0.0263. The minimum Gasteiger partial charge on any atom is -0.398 e. The Morgan fingerprint density at radius 3 is 2.90 bits per heavy atom. The maximum absolute atomic E-state index is 13.3. The summed E-state index contributed by atoms with van der Waals surface area (Å²) >= 11 is 0. The lowest BCUT2D eigenvalue weighted by Crippen LogP contribution is -2.38. The SMILES string of the molecule is Nc1ccc(F)cc1S(=O)(=O)N1CCn2cnnc2C1. The maximum atomic E-state index is 13.3. The molecule has 0 spiro atoms. The van der Waals surface area contributed by atoms with E-state index in [2.05, 4.69) is 10.2 Å². The Morgan fingerprint density at radius 1 is 1.30 bits per heavy atom. The molecule has 0 unspecified atom stereocenters.